The highest BCUT2D eigenvalue weighted by Crippen LogP contribution is 2.33. The average molecular weight is 242 g/mol. The number of benzene rings is 1. The molecule has 1 rings (SSSR count). The molecular weight excluding hydrogens is 229 g/mol. The number of halogens is 3. The van der Waals surface area contributed by atoms with Crippen LogP contribution in [-0.2, 0) is 6.18 Å². The molecule has 0 aliphatic carbocycles. The molecule has 1 aromatic rings. The Kier molecular flexibility index (Phi) is 3.66. The van der Waals surface area contributed by atoms with Crippen molar-refractivity contribution in [2.24, 2.45) is 0 Å². The van der Waals surface area contributed by atoms with Crippen LogP contribution in [0.2, 0.25) is 0 Å². The molecule has 0 N–H and O–H groups in total. The van der Waals surface area contributed by atoms with Gasteiger partial charge >= 0.3 is 6.18 Å². The maximum atomic E-state index is 12.6. The molecule has 0 radical (unpaired) electrons. The van der Waals surface area contributed by atoms with Crippen LogP contribution >= 0.6 is 0 Å². The second-order valence-electron chi connectivity index (χ2n) is 4.08. The van der Waals surface area contributed by atoms with E-state index in [9.17, 15) is 13.2 Å². The first kappa shape index (κ1) is 13.4. The molecule has 92 valence electrons. The van der Waals surface area contributed by atoms with Crippen molar-refractivity contribution in [2.75, 3.05) is 11.9 Å². The van der Waals surface area contributed by atoms with Crippen LogP contribution in [0.4, 0.5) is 18.9 Å². The van der Waals surface area contributed by atoms with Crippen molar-refractivity contribution in [1.82, 2.24) is 0 Å². The third-order valence-electron chi connectivity index (χ3n) is 2.56. The Morgan fingerprint density at radius 3 is 2.24 bits per heavy atom. The number of alkyl halides is 3. The molecule has 0 spiro atoms. The van der Waals surface area contributed by atoms with Gasteiger partial charge in [0.05, 0.1) is 17.2 Å². The Labute approximate surface area is 98.3 Å². The van der Waals surface area contributed by atoms with Crippen molar-refractivity contribution in [3.63, 3.8) is 0 Å². The minimum absolute atomic E-state index is 0.0160. The van der Waals surface area contributed by atoms with E-state index in [2.05, 4.69) is 0 Å². The second kappa shape index (κ2) is 4.66. The summed E-state index contributed by atoms with van der Waals surface area (Å²) in [5.74, 6) is 0. The van der Waals surface area contributed by atoms with Gasteiger partial charge < -0.3 is 4.90 Å². The van der Waals surface area contributed by atoms with E-state index in [1.165, 1.54) is 6.07 Å². The van der Waals surface area contributed by atoms with Crippen molar-refractivity contribution in [3.05, 3.63) is 29.3 Å². The number of anilines is 1. The summed E-state index contributed by atoms with van der Waals surface area (Å²) in [6, 6.07) is 5.18. The number of hydrogen-bond donors (Lipinski definition) is 0. The Hall–Kier alpha value is -1.70. The zero-order chi connectivity index (χ0) is 13.2. The fourth-order valence-corrected chi connectivity index (χ4v) is 1.34. The zero-order valence-corrected chi connectivity index (χ0v) is 9.84. The van der Waals surface area contributed by atoms with Gasteiger partial charge in [-0.3, -0.25) is 0 Å². The van der Waals surface area contributed by atoms with E-state index < -0.39 is 11.7 Å². The van der Waals surface area contributed by atoms with Gasteiger partial charge in [-0.2, -0.15) is 18.4 Å². The van der Waals surface area contributed by atoms with E-state index in [0.717, 1.165) is 12.1 Å². The highest BCUT2D eigenvalue weighted by Gasteiger charge is 2.31. The van der Waals surface area contributed by atoms with Crippen LogP contribution in [-0.4, -0.2) is 13.1 Å². The smallest absolute Gasteiger partial charge is 0.372 e. The Bertz CT molecular complexity index is 444. The Morgan fingerprint density at radius 2 is 1.82 bits per heavy atom. The minimum atomic E-state index is -4.43. The number of rotatable bonds is 2. The molecule has 0 bridgehead atoms. The maximum absolute atomic E-state index is 12.6. The van der Waals surface area contributed by atoms with Gasteiger partial charge in [-0.15, -0.1) is 0 Å². The molecule has 0 atom stereocenters. The Morgan fingerprint density at radius 1 is 1.24 bits per heavy atom. The number of nitriles is 1. The van der Waals surface area contributed by atoms with E-state index in [1.54, 1.807) is 18.0 Å². The molecule has 0 saturated carbocycles. The van der Waals surface area contributed by atoms with Gasteiger partial charge in [0, 0.05) is 18.8 Å². The molecule has 0 amide bonds. The molecule has 2 nitrogen and oxygen atoms in total. The molecule has 5 heteroatoms. The molecule has 0 heterocycles. The summed E-state index contributed by atoms with van der Waals surface area (Å²) in [5, 5.41) is 8.74. The van der Waals surface area contributed by atoms with E-state index in [0.29, 0.717) is 5.69 Å². The lowest BCUT2D eigenvalue weighted by atomic mass is 10.1. The SMILES string of the molecule is CC(C)N(C)c1cc(C#N)cc(C(F)(F)F)c1. The topological polar surface area (TPSA) is 27.0 Å². The number of nitrogens with zero attached hydrogens (tertiary/aromatic N) is 2. The minimum Gasteiger partial charge on any atom is -0.372 e. The average Bonchev–Trinajstić information content (AvgIpc) is 2.26. The van der Waals surface area contributed by atoms with Crippen molar-refractivity contribution in [3.8, 4) is 6.07 Å². The number of hydrogen-bond acceptors (Lipinski definition) is 2. The summed E-state index contributed by atoms with van der Waals surface area (Å²) >= 11 is 0. The molecule has 0 unspecified atom stereocenters. The molecule has 0 aromatic heterocycles. The van der Waals surface area contributed by atoms with E-state index >= 15 is 0 Å². The first-order valence-corrected chi connectivity index (χ1v) is 5.11. The van der Waals surface area contributed by atoms with Crippen LogP contribution in [0.5, 0.6) is 0 Å². The van der Waals surface area contributed by atoms with Gasteiger partial charge in [-0.1, -0.05) is 0 Å². The summed E-state index contributed by atoms with van der Waals surface area (Å²) in [7, 11) is 1.70. The second-order valence-corrected chi connectivity index (χ2v) is 4.08. The zero-order valence-electron chi connectivity index (χ0n) is 9.84. The quantitative estimate of drug-likeness (QED) is 0.794. The standard InChI is InChI=1S/C12H13F3N2/c1-8(2)17(3)11-5-9(7-16)4-10(6-11)12(13,14)15/h4-6,8H,1-3H3. The van der Waals surface area contributed by atoms with Gasteiger partial charge in [-0.05, 0) is 32.0 Å². The van der Waals surface area contributed by atoms with Crippen LogP contribution in [0, 0.1) is 11.3 Å². The van der Waals surface area contributed by atoms with Gasteiger partial charge in [0.1, 0.15) is 0 Å². The molecule has 0 saturated heterocycles. The summed E-state index contributed by atoms with van der Waals surface area (Å²) < 4.78 is 37.9. The van der Waals surface area contributed by atoms with Gasteiger partial charge in [0.15, 0.2) is 0 Å². The fourth-order valence-electron chi connectivity index (χ4n) is 1.34. The molecule has 17 heavy (non-hydrogen) atoms. The third kappa shape index (κ3) is 3.13. The van der Waals surface area contributed by atoms with Crippen LogP contribution in [0.3, 0.4) is 0 Å². The maximum Gasteiger partial charge on any atom is 0.416 e. The molecule has 0 fully saturated rings. The van der Waals surface area contributed by atoms with E-state index in [-0.39, 0.29) is 11.6 Å². The predicted octanol–water partition coefficient (Wildman–Crippen LogP) is 3.42. The van der Waals surface area contributed by atoms with Crippen molar-refractivity contribution in [2.45, 2.75) is 26.1 Å². The lowest BCUT2D eigenvalue weighted by Gasteiger charge is -2.24. The Balaban J connectivity index is 3.30. The summed E-state index contributed by atoms with van der Waals surface area (Å²) in [4.78, 5) is 1.69. The molecule has 0 aliphatic heterocycles. The highest BCUT2D eigenvalue weighted by atomic mass is 19.4. The molecule has 1 aromatic carbocycles. The summed E-state index contributed by atoms with van der Waals surface area (Å²) in [6.07, 6.45) is -4.43. The van der Waals surface area contributed by atoms with E-state index in [1.807, 2.05) is 13.8 Å². The van der Waals surface area contributed by atoms with Gasteiger partial charge in [0.25, 0.3) is 0 Å². The van der Waals surface area contributed by atoms with Crippen LogP contribution in [0.25, 0.3) is 0 Å². The van der Waals surface area contributed by atoms with Crippen molar-refractivity contribution in [1.29, 1.82) is 5.26 Å². The highest BCUT2D eigenvalue weighted by molar-refractivity contribution is 5.54. The lowest BCUT2D eigenvalue weighted by molar-refractivity contribution is -0.137. The summed E-state index contributed by atoms with van der Waals surface area (Å²) in [5.41, 5.74) is -0.382. The van der Waals surface area contributed by atoms with Crippen molar-refractivity contribution >= 4 is 5.69 Å². The normalized spacial score (nSPS) is 11.4. The van der Waals surface area contributed by atoms with Crippen LogP contribution in [0.1, 0.15) is 25.0 Å². The largest absolute Gasteiger partial charge is 0.416 e. The first-order valence-electron chi connectivity index (χ1n) is 5.11. The predicted molar refractivity (Wildman–Crippen MR) is 59.7 cm³/mol. The van der Waals surface area contributed by atoms with Crippen molar-refractivity contribution < 1.29 is 13.2 Å². The molecule has 0 aliphatic rings. The third-order valence-corrected chi connectivity index (χ3v) is 2.56. The molecular formula is C12H13F3N2. The van der Waals surface area contributed by atoms with Gasteiger partial charge in [0.2, 0.25) is 0 Å². The van der Waals surface area contributed by atoms with Gasteiger partial charge in [-0.25, -0.2) is 0 Å². The fraction of sp³-hybridized carbons (Fsp3) is 0.417. The van der Waals surface area contributed by atoms with Crippen LogP contribution in [0.15, 0.2) is 18.2 Å². The van der Waals surface area contributed by atoms with E-state index in [4.69, 9.17) is 5.26 Å². The summed E-state index contributed by atoms with van der Waals surface area (Å²) in [6.45, 7) is 3.73. The first-order chi connectivity index (χ1) is 7.75. The lowest BCUT2D eigenvalue weighted by Crippen LogP contribution is -2.26. The van der Waals surface area contributed by atoms with Crippen LogP contribution < -0.4 is 4.90 Å². The monoisotopic (exact) mass is 242 g/mol.